The number of nitrogens with zero attached hydrogens (tertiary/aromatic N) is 2. The summed E-state index contributed by atoms with van der Waals surface area (Å²) in [6.45, 7) is 12.8. The van der Waals surface area contributed by atoms with Crippen molar-refractivity contribution in [2.24, 2.45) is 10.9 Å². The summed E-state index contributed by atoms with van der Waals surface area (Å²) in [7, 11) is 0. The Morgan fingerprint density at radius 3 is 2.60 bits per heavy atom. The molecule has 1 aliphatic heterocycles. The van der Waals surface area contributed by atoms with E-state index in [1.807, 2.05) is 0 Å². The Morgan fingerprint density at radius 2 is 2.04 bits per heavy atom. The average Bonchev–Trinajstić information content (AvgIpc) is 2.99. The van der Waals surface area contributed by atoms with E-state index in [0.717, 1.165) is 49.1 Å². The first kappa shape index (κ1) is 23.1. The molecule has 2 N–H and O–H groups in total. The fourth-order valence-electron chi connectivity index (χ4n) is 2.83. The molecule has 1 aromatic rings. The van der Waals surface area contributed by atoms with Crippen LogP contribution < -0.4 is 10.6 Å². The number of hydrogen-bond acceptors (Lipinski definition) is 4. The van der Waals surface area contributed by atoms with Gasteiger partial charge in [0, 0.05) is 37.1 Å². The van der Waals surface area contributed by atoms with Gasteiger partial charge in [-0.25, -0.2) is 4.99 Å². The van der Waals surface area contributed by atoms with Gasteiger partial charge in [0.05, 0.1) is 23.5 Å². The van der Waals surface area contributed by atoms with Crippen LogP contribution in [0.1, 0.15) is 25.6 Å². The third-order valence-corrected chi connectivity index (χ3v) is 5.74. The van der Waals surface area contributed by atoms with Gasteiger partial charge in [0.15, 0.2) is 5.96 Å². The van der Waals surface area contributed by atoms with Crippen LogP contribution in [0.4, 0.5) is 0 Å². The number of rotatable bonds is 7. The fourth-order valence-corrected chi connectivity index (χ4v) is 4.24. The first-order valence-corrected chi connectivity index (χ1v) is 10.3. The fraction of sp³-hybridized carbons (Fsp3) is 0.706. The molecule has 1 aliphatic rings. The number of guanidine groups is 1. The van der Waals surface area contributed by atoms with Crippen molar-refractivity contribution in [2.45, 2.75) is 33.4 Å². The normalized spacial score (nSPS) is 17.2. The Balaban J connectivity index is 0.00000312. The molecule has 0 amide bonds. The molecule has 1 fully saturated rings. The average molecular weight is 545 g/mol. The topological polar surface area (TPSA) is 48.9 Å². The molecule has 8 heteroatoms. The zero-order valence-electron chi connectivity index (χ0n) is 15.3. The summed E-state index contributed by atoms with van der Waals surface area (Å²) in [4.78, 5) is 8.50. The molecule has 0 spiro atoms. The summed E-state index contributed by atoms with van der Waals surface area (Å²) in [6, 6.07) is 4.68. The van der Waals surface area contributed by atoms with E-state index in [0.29, 0.717) is 18.5 Å². The van der Waals surface area contributed by atoms with Gasteiger partial charge in [0.25, 0.3) is 0 Å². The largest absolute Gasteiger partial charge is 0.379 e. The summed E-state index contributed by atoms with van der Waals surface area (Å²) in [6.07, 6.45) is 0. The van der Waals surface area contributed by atoms with Crippen molar-refractivity contribution >= 4 is 57.2 Å². The molecule has 1 saturated heterocycles. The Morgan fingerprint density at radius 1 is 1.32 bits per heavy atom. The molecule has 1 unspecified atom stereocenters. The second-order valence-corrected chi connectivity index (χ2v) is 8.79. The summed E-state index contributed by atoms with van der Waals surface area (Å²) in [5.41, 5.74) is 0. The van der Waals surface area contributed by atoms with Gasteiger partial charge in [-0.15, -0.1) is 35.3 Å². The maximum absolute atomic E-state index is 5.48. The van der Waals surface area contributed by atoms with Crippen molar-refractivity contribution in [1.29, 1.82) is 0 Å². The van der Waals surface area contributed by atoms with Crippen molar-refractivity contribution in [2.75, 3.05) is 39.4 Å². The highest BCUT2D eigenvalue weighted by molar-refractivity contribution is 14.0. The van der Waals surface area contributed by atoms with Crippen molar-refractivity contribution < 1.29 is 4.74 Å². The monoisotopic (exact) mass is 544 g/mol. The van der Waals surface area contributed by atoms with Crippen LogP contribution in [0.2, 0.25) is 0 Å². The molecular weight excluding hydrogens is 515 g/mol. The van der Waals surface area contributed by atoms with Gasteiger partial charge in [0.1, 0.15) is 0 Å². The highest BCUT2D eigenvalue weighted by Crippen LogP contribution is 2.22. The number of hydrogen-bond donors (Lipinski definition) is 2. The van der Waals surface area contributed by atoms with Crippen LogP contribution in [-0.2, 0) is 11.3 Å². The van der Waals surface area contributed by atoms with Crippen LogP contribution in [-0.4, -0.2) is 56.3 Å². The molecule has 2 heterocycles. The number of morpholine rings is 1. The molecule has 5 nitrogen and oxygen atoms in total. The first-order chi connectivity index (χ1) is 11.6. The van der Waals surface area contributed by atoms with E-state index in [9.17, 15) is 0 Å². The van der Waals surface area contributed by atoms with E-state index in [1.54, 1.807) is 11.3 Å². The van der Waals surface area contributed by atoms with Crippen LogP contribution in [0.15, 0.2) is 20.9 Å². The summed E-state index contributed by atoms with van der Waals surface area (Å²) in [5, 5.41) is 6.87. The lowest BCUT2D eigenvalue weighted by molar-refractivity contribution is 0.00752. The van der Waals surface area contributed by atoms with Crippen LogP contribution in [0.3, 0.4) is 0 Å². The predicted molar refractivity (Wildman–Crippen MR) is 121 cm³/mol. The van der Waals surface area contributed by atoms with Gasteiger partial charge >= 0.3 is 0 Å². The molecular formula is C17H30BrIN4OS. The maximum Gasteiger partial charge on any atom is 0.191 e. The van der Waals surface area contributed by atoms with E-state index in [1.165, 1.54) is 4.88 Å². The molecule has 25 heavy (non-hydrogen) atoms. The zero-order valence-corrected chi connectivity index (χ0v) is 20.0. The van der Waals surface area contributed by atoms with E-state index in [2.05, 4.69) is 64.4 Å². The number of halogens is 2. The van der Waals surface area contributed by atoms with Crippen molar-refractivity contribution in [1.82, 2.24) is 15.5 Å². The van der Waals surface area contributed by atoms with Crippen LogP contribution in [0, 0.1) is 5.92 Å². The summed E-state index contributed by atoms with van der Waals surface area (Å²) < 4.78 is 6.63. The SMILES string of the molecule is CCNC(=NCc1ccc(Br)s1)NCC(C(C)C)N1CCOCC1.I. The minimum atomic E-state index is 0. The lowest BCUT2D eigenvalue weighted by Gasteiger charge is -2.37. The Bertz CT molecular complexity index is 521. The standard InChI is InChI=1S/C17H29BrN4OS.HI/c1-4-19-17(20-11-14-5-6-16(18)24-14)21-12-15(13(2)3)22-7-9-23-10-8-22;/h5-6,13,15H,4,7-12H2,1-3H3,(H2,19,20,21);1H. The number of ether oxygens (including phenoxy) is 1. The second kappa shape index (κ2) is 12.5. The van der Waals surface area contributed by atoms with Crippen molar-refractivity contribution in [3.8, 4) is 0 Å². The molecule has 0 radical (unpaired) electrons. The van der Waals surface area contributed by atoms with Crippen LogP contribution in [0.5, 0.6) is 0 Å². The molecule has 1 atom stereocenters. The molecule has 0 aromatic carbocycles. The highest BCUT2D eigenvalue weighted by Gasteiger charge is 2.23. The predicted octanol–water partition coefficient (Wildman–Crippen LogP) is 3.54. The van der Waals surface area contributed by atoms with Crippen molar-refractivity contribution in [3.05, 3.63) is 20.8 Å². The van der Waals surface area contributed by atoms with Crippen LogP contribution in [0.25, 0.3) is 0 Å². The molecule has 2 rings (SSSR count). The molecule has 1 aromatic heterocycles. The zero-order chi connectivity index (χ0) is 17.4. The van der Waals surface area contributed by atoms with E-state index in [4.69, 9.17) is 9.73 Å². The van der Waals surface area contributed by atoms with Gasteiger partial charge in [-0.2, -0.15) is 0 Å². The summed E-state index contributed by atoms with van der Waals surface area (Å²) in [5.74, 6) is 1.48. The van der Waals surface area contributed by atoms with E-state index < -0.39 is 0 Å². The van der Waals surface area contributed by atoms with Gasteiger partial charge in [-0.3, -0.25) is 4.90 Å². The Kier molecular flexibility index (Phi) is 11.6. The number of aliphatic imine (C=N–C) groups is 1. The second-order valence-electron chi connectivity index (χ2n) is 6.24. The minimum absolute atomic E-state index is 0. The number of thiophene rings is 1. The third kappa shape index (κ3) is 8.11. The lowest BCUT2D eigenvalue weighted by atomic mass is 10.0. The van der Waals surface area contributed by atoms with E-state index >= 15 is 0 Å². The number of nitrogens with one attached hydrogen (secondary N) is 2. The van der Waals surface area contributed by atoms with E-state index in [-0.39, 0.29) is 24.0 Å². The van der Waals surface area contributed by atoms with Gasteiger partial charge in [-0.1, -0.05) is 13.8 Å². The quantitative estimate of drug-likeness (QED) is 0.313. The van der Waals surface area contributed by atoms with Crippen molar-refractivity contribution in [3.63, 3.8) is 0 Å². The smallest absolute Gasteiger partial charge is 0.191 e. The first-order valence-electron chi connectivity index (χ1n) is 8.68. The Hall–Kier alpha value is 0.1000. The highest BCUT2D eigenvalue weighted by atomic mass is 127. The molecule has 0 saturated carbocycles. The van der Waals surface area contributed by atoms with Crippen LogP contribution >= 0.6 is 51.2 Å². The van der Waals surface area contributed by atoms with Gasteiger partial charge in [-0.05, 0) is 40.9 Å². The Labute approximate surface area is 181 Å². The van der Waals surface area contributed by atoms with Gasteiger partial charge in [0.2, 0.25) is 0 Å². The molecule has 0 aliphatic carbocycles. The third-order valence-electron chi connectivity index (χ3n) is 4.13. The molecule has 144 valence electrons. The minimum Gasteiger partial charge on any atom is -0.379 e. The maximum atomic E-state index is 5.48. The molecule has 0 bridgehead atoms. The summed E-state index contributed by atoms with van der Waals surface area (Å²) >= 11 is 5.23. The van der Waals surface area contributed by atoms with Gasteiger partial charge < -0.3 is 15.4 Å². The lowest BCUT2D eigenvalue weighted by Crippen LogP contribution is -2.52.